The van der Waals surface area contributed by atoms with Gasteiger partial charge in [-0.2, -0.15) is 0 Å². The number of carbonyl (C=O) groups excluding carboxylic acids is 1. The van der Waals surface area contributed by atoms with Gasteiger partial charge in [0, 0.05) is 6.54 Å². The Morgan fingerprint density at radius 2 is 1.76 bits per heavy atom. The van der Waals surface area contributed by atoms with Crippen LogP contribution in [0, 0.1) is 12.7 Å². The summed E-state index contributed by atoms with van der Waals surface area (Å²) in [6.45, 7) is 2.46. The molecule has 29 heavy (non-hydrogen) atoms. The van der Waals surface area contributed by atoms with Crippen LogP contribution in [0.1, 0.15) is 22.7 Å². The molecule has 0 radical (unpaired) electrons. The Bertz CT molecular complexity index is 958. The summed E-state index contributed by atoms with van der Waals surface area (Å²) in [5.74, 6) is 0.168. The molecular formula is C24H25FN2O2. The molecule has 0 spiro atoms. The summed E-state index contributed by atoms with van der Waals surface area (Å²) >= 11 is 0. The highest BCUT2D eigenvalue weighted by atomic mass is 19.1. The Morgan fingerprint density at radius 3 is 2.41 bits per heavy atom. The number of aryl methyl sites for hydroxylation is 1. The molecule has 4 nitrogen and oxygen atoms in total. The summed E-state index contributed by atoms with van der Waals surface area (Å²) in [4.78, 5) is 15.3. The first-order valence-corrected chi connectivity index (χ1v) is 9.43. The molecule has 0 aliphatic heterocycles. The second kappa shape index (κ2) is 9.34. The summed E-state index contributed by atoms with van der Waals surface area (Å²) < 4.78 is 18.6. The maximum Gasteiger partial charge on any atom is 0.246 e. The maximum atomic E-state index is 13.3. The van der Waals surface area contributed by atoms with E-state index in [4.69, 9.17) is 4.74 Å². The molecule has 0 aliphatic rings. The Labute approximate surface area is 170 Å². The zero-order valence-electron chi connectivity index (χ0n) is 16.9. The van der Waals surface area contributed by atoms with E-state index in [1.54, 1.807) is 19.2 Å². The van der Waals surface area contributed by atoms with Crippen molar-refractivity contribution in [3.8, 4) is 5.75 Å². The van der Waals surface area contributed by atoms with Gasteiger partial charge in [0.25, 0.3) is 0 Å². The van der Waals surface area contributed by atoms with Gasteiger partial charge >= 0.3 is 0 Å². The molecule has 3 aromatic rings. The number of hydrogen-bond donors (Lipinski definition) is 1. The van der Waals surface area contributed by atoms with Gasteiger partial charge in [-0.3, -0.25) is 9.69 Å². The standard InChI is InChI=1S/C24H25FN2O2/c1-17-9-14-22(29-3)21(15-17)26-24(28)23(19-7-5-4-6-8-19)27(2)16-18-10-12-20(25)13-11-18/h4-15,23H,16H2,1-3H3,(H,26,28)/t23-/m0/s1. The van der Waals surface area contributed by atoms with E-state index in [2.05, 4.69) is 5.32 Å². The average molecular weight is 392 g/mol. The monoisotopic (exact) mass is 392 g/mol. The van der Waals surface area contributed by atoms with Gasteiger partial charge in [0.05, 0.1) is 12.8 Å². The van der Waals surface area contributed by atoms with Gasteiger partial charge in [-0.25, -0.2) is 4.39 Å². The van der Waals surface area contributed by atoms with Gasteiger partial charge < -0.3 is 10.1 Å². The van der Waals surface area contributed by atoms with Crippen LogP contribution in [0.25, 0.3) is 0 Å². The summed E-state index contributed by atoms with van der Waals surface area (Å²) in [5.41, 5.74) is 3.46. The SMILES string of the molecule is COc1ccc(C)cc1NC(=O)[C@H](c1ccccc1)N(C)Cc1ccc(F)cc1. The number of anilines is 1. The third-order valence-corrected chi connectivity index (χ3v) is 4.76. The van der Waals surface area contributed by atoms with E-state index < -0.39 is 6.04 Å². The average Bonchev–Trinajstić information content (AvgIpc) is 2.71. The number of hydrogen-bond acceptors (Lipinski definition) is 3. The zero-order chi connectivity index (χ0) is 20.8. The Kier molecular flexibility index (Phi) is 6.62. The molecule has 0 bridgehead atoms. The van der Waals surface area contributed by atoms with Gasteiger partial charge in [-0.15, -0.1) is 0 Å². The lowest BCUT2D eigenvalue weighted by atomic mass is 10.0. The second-order valence-corrected chi connectivity index (χ2v) is 7.05. The first-order valence-electron chi connectivity index (χ1n) is 9.43. The summed E-state index contributed by atoms with van der Waals surface area (Å²) in [7, 11) is 3.46. The topological polar surface area (TPSA) is 41.6 Å². The van der Waals surface area contributed by atoms with E-state index in [1.165, 1.54) is 12.1 Å². The molecule has 5 heteroatoms. The second-order valence-electron chi connectivity index (χ2n) is 7.05. The van der Waals surface area contributed by atoms with Gasteiger partial charge in [0.1, 0.15) is 17.6 Å². The molecule has 150 valence electrons. The summed E-state index contributed by atoms with van der Waals surface area (Å²) in [6.07, 6.45) is 0. The number of methoxy groups -OCH3 is 1. The van der Waals surface area contributed by atoms with E-state index in [1.807, 2.05) is 67.4 Å². The van der Waals surface area contributed by atoms with Gasteiger partial charge in [0.2, 0.25) is 5.91 Å². The highest BCUT2D eigenvalue weighted by Gasteiger charge is 2.26. The number of nitrogens with zero attached hydrogens (tertiary/aromatic N) is 1. The minimum Gasteiger partial charge on any atom is -0.495 e. The fourth-order valence-corrected chi connectivity index (χ4v) is 3.33. The van der Waals surface area contributed by atoms with Crippen LogP contribution in [-0.2, 0) is 11.3 Å². The van der Waals surface area contributed by atoms with Crippen molar-refractivity contribution >= 4 is 11.6 Å². The first kappa shape index (κ1) is 20.6. The number of amides is 1. The van der Waals surface area contributed by atoms with Crippen LogP contribution in [0.15, 0.2) is 72.8 Å². The molecule has 0 fully saturated rings. The van der Waals surface area contributed by atoms with E-state index in [9.17, 15) is 9.18 Å². The molecule has 0 saturated heterocycles. The van der Waals surface area contributed by atoms with Crippen molar-refractivity contribution in [2.24, 2.45) is 0 Å². The number of carbonyl (C=O) groups is 1. The maximum absolute atomic E-state index is 13.3. The lowest BCUT2D eigenvalue weighted by molar-refractivity contribution is -0.121. The van der Waals surface area contributed by atoms with Crippen molar-refractivity contribution in [3.05, 3.63) is 95.3 Å². The molecule has 0 aliphatic carbocycles. The zero-order valence-corrected chi connectivity index (χ0v) is 16.9. The lowest BCUT2D eigenvalue weighted by Gasteiger charge is -2.28. The molecule has 1 atom stereocenters. The van der Waals surface area contributed by atoms with E-state index in [0.717, 1.165) is 16.7 Å². The van der Waals surface area contributed by atoms with E-state index in [0.29, 0.717) is 18.0 Å². The minimum absolute atomic E-state index is 0.162. The predicted molar refractivity (Wildman–Crippen MR) is 113 cm³/mol. The number of halogens is 1. The van der Waals surface area contributed by atoms with Gasteiger partial charge in [-0.1, -0.05) is 48.5 Å². The van der Waals surface area contributed by atoms with Crippen molar-refractivity contribution < 1.29 is 13.9 Å². The molecule has 3 aromatic carbocycles. The Hall–Kier alpha value is -3.18. The van der Waals surface area contributed by atoms with Crippen LogP contribution in [0.2, 0.25) is 0 Å². The number of benzene rings is 3. The molecule has 3 rings (SSSR count). The highest BCUT2D eigenvalue weighted by molar-refractivity contribution is 5.96. The Balaban J connectivity index is 1.88. The van der Waals surface area contributed by atoms with Crippen molar-refractivity contribution in [1.82, 2.24) is 4.90 Å². The number of ether oxygens (including phenoxy) is 1. The van der Waals surface area contributed by atoms with Crippen LogP contribution in [0.4, 0.5) is 10.1 Å². The third-order valence-electron chi connectivity index (χ3n) is 4.76. The lowest BCUT2D eigenvalue weighted by Crippen LogP contribution is -2.34. The predicted octanol–water partition coefficient (Wildman–Crippen LogP) is 4.95. The summed E-state index contributed by atoms with van der Waals surface area (Å²) in [5, 5.41) is 3.01. The minimum atomic E-state index is -0.522. The van der Waals surface area contributed by atoms with Crippen LogP contribution in [0.5, 0.6) is 5.75 Å². The van der Waals surface area contributed by atoms with Gasteiger partial charge in [0.15, 0.2) is 0 Å². The quantitative estimate of drug-likeness (QED) is 0.618. The molecule has 0 saturated carbocycles. The molecule has 1 amide bonds. The van der Waals surface area contributed by atoms with Crippen LogP contribution in [0.3, 0.4) is 0 Å². The van der Waals surface area contributed by atoms with Crippen molar-refractivity contribution in [2.75, 3.05) is 19.5 Å². The number of likely N-dealkylation sites (N-methyl/N-ethyl adjacent to an activating group) is 1. The first-order chi connectivity index (χ1) is 14.0. The molecule has 1 N–H and O–H groups in total. The van der Waals surface area contributed by atoms with Gasteiger partial charge in [-0.05, 0) is 54.9 Å². The molecular weight excluding hydrogens is 367 g/mol. The molecule has 0 unspecified atom stereocenters. The molecule has 0 heterocycles. The highest BCUT2D eigenvalue weighted by Crippen LogP contribution is 2.28. The van der Waals surface area contributed by atoms with Crippen molar-refractivity contribution in [1.29, 1.82) is 0 Å². The normalized spacial score (nSPS) is 11.9. The Morgan fingerprint density at radius 1 is 1.07 bits per heavy atom. The molecule has 0 aromatic heterocycles. The number of rotatable bonds is 7. The van der Waals surface area contributed by atoms with E-state index in [-0.39, 0.29) is 11.7 Å². The largest absolute Gasteiger partial charge is 0.495 e. The van der Waals surface area contributed by atoms with Crippen LogP contribution in [-0.4, -0.2) is 25.0 Å². The fraction of sp³-hybridized carbons (Fsp3) is 0.208. The third kappa shape index (κ3) is 5.21. The summed E-state index contributed by atoms with van der Waals surface area (Å²) in [6, 6.07) is 21.1. The van der Waals surface area contributed by atoms with Crippen LogP contribution >= 0.6 is 0 Å². The van der Waals surface area contributed by atoms with Crippen LogP contribution < -0.4 is 10.1 Å². The van der Waals surface area contributed by atoms with Crippen molar-refractivity contribution in [3.63, 3.8) is 0 Å². The number of nitrogens with one attached hydrogen (secondary N) is 1. The van der Waals surface area contributed by atoms with Crippen molar-refractivity contribution in [2.45, 2.75) is 19.5 Å². The smallest absolute Gasteiger partial charge is 0.246 e. The van der Waals surface area contributed by atoms with E-state index >= 15 is 0 Å². The fourth-order valence-electron chi connectivity index (χ4n) is 3.33.